The van der Waals surface area contributed by atoms with Crippen molar-refractivity contribution in [1.29, 1.82) is 0 Å². The fraction of sp³-hybridized carbons (Fsp3) is 0.471. The van der Waals surface area contributed by atoms with Crippen LogP contribution in [-0.4, -0.2) is 30.0 Å². The fourth-order valence-corrected chi connectivity index (χ4v) is 2.64. The minimum Gasteiger partial charge on any atom is -0.496 e. The maximum absolute atomic E-state index is 12.7. The number of pyridine rings is 1. The van der Waals surface area contributed by atoms with Gasteiger partial charge in [-0.3, -0.25) is 4.79 Å². The average molecular weight is 305 g/mol. The number of para-hydroxylation sites is 1. The van der Waals surface area contributed by atoms with Crippen LogP contribution in [0.1, 0.15) is 19.4 Å². The second-order valence-electron chi connectivity index (χ2n) is 5.75. The van der Waals surface area contributed by atoms with Crippen molar-refractivity contribution in [2.75, 3.05) is 14.2 Å². The lowest BCUT2D eigenvalue weighted by atomic mass is 9.98. The smallest absolute Gasteiger partial charge is 0.257 e. The number of benzene rings is 1. The summed E-state index contributed by atoms with van der Waals surface area (Å²) in [6, 6.07) is 5.56. The molecule has 2 rings (SSSR count). The van der Waals surface area contributed by atoms with Gasteiger partial charge in [-0.1, -0.05) is 19.9 Å². The van der Waals surface area contributed by atoms with Crippen LogP contribution in [0.2, 0.25) is 0 Å². The van der Waals surface area contributed by atoms with Crippen LogP contribution in [0.25, 0.3) is 10.9 Å². The van der Waals surface area contributed by atoms with Gasteiger partial charge in [0, 0.05) is 18.9 Å². The van der Waals surface area contributed by atoms with E-state index < -0.39 is 6.10 Å². The molecule has 0 aliphatic rings. The summed E-state index contributed by atoms with van der Waals surface area (Å²) < 4.78 is 12.4. The summed E-state index contributed by atoms with van der Waals surface area (Å²) in [5.41, 5.74) is 1.01. The third kappa shape index (κ3) is 2.68. The Morgan fingerprint density at radius 3 is 2.45 bits per heavy atom. The number of nitrogens with zero attached hydrogens (tertiary/aromatic N) is 1. The van der Waals surface area contributed by atoms with Crippen molar-refractivity contribution in [2.45, 2.75) is 26.4 Å². The molecule has 0 aliphatic carbocycles. The molecule has 5 nitrogen and oxygen atoms in total. The minimum absolute atomic E-state index is 0.0652. The zero-order valence-electron chi connectivity index (χ0n) is 13.7. The van der Waals surface area contributed by atoms with Gasteiger partial charge in [0.25, 0.3) is 5.56 Å². The summed E-state index contributed by atoms with van der Waals surface area (Å²) in [6.07, 6.45) is -0.328. The zero-order valence-corrected chi connectivity index (χ0v) is 13.7. The van der Waals surface area contributed by atoms with Crippen LogP contribution in [0.4, 0.5) is 0 Å². The highest BCUT2D eigenvalue weighted by Crippen LogP contribution is 2.33. The van der Waals surface area contributed by atoms with Crippen molar-refractivity contribution in [3.63, 3.8) is 0 Å². The second-order valence-corrected chi connectivity index (χ2v) is 5.75. The van der Waals surface area contributed by atoms with E-state index >= 15 is 0 Å². The van der Waals surface area contributed by atoms with E-state index in [-0.39, 0.29) is 17.9 Å². The van der Waals surface area contributed by atoms with Gasteiger partial charge in [0.2, 0.25) is 0 Å². The highest BCUT2D eigenvalue weighted by molar-refractivity contribution is 5.91. The molecule has 1 aromatic heterocycles. The third-order valence-corrected chi connectivity index (χ3v) is 4.02. The van der Waals surface area contributed by atoms with Crippen LogP contribution in [0.15, 0.2) is 23.0 Å². The molecule has 0 aliphatic heterocycles. The van der Waals surface area contributed by atoms with Gasteiger partial charge < -0.3 is 19.1 Å². The van der Waals surface area contributed by atoms with Crippen LogP contribution in [-0.2, 0) is 13.5 Å². The largest absolute Gasteiger partial charge is 0.496 e. The molecule has 1 N–H and O–H groups in total. The number of fused-ring (bicyclic) bond motifs is 1. The first-order valence-corrected chi connectivity index (χ1v) is 7.33. The Hall–Kier alpha value is -2.01. The predicted octanol–water partition coefficient (Wildman–Crippen LogP) is 2.12. The van der Waals surface area contributed by atoms with E-state index in [1.807, 2.05) is 32.0 Å². The number of aromatic nitrogens is 1. The maximum atomic E-state index is 12.7. The first kappa shape index (κ1) is 16.4. The molecule has 0 fully saturated rings. The van der Waals surface area contributed by atoms with Crippen molar-refractivity contribution in [3.05, 3.63) is 34.1 Å². The third-order valence-electron chi connectivity index (χ3n) is 4.02. The van der Waals surface area contributed by atoms with Gasteiger partial charge in [0.05, 0.1) is 31.4 Å². The second kappa shape index (κ2) is 6.40. The summed E-state index contributed by atoms with van der Waals surface area (Å²) in [5, 5.41) is 11.0. The topological polar surface area (TPSA) is 60.7 Å². The van der Waals surface area contributed by atoms with Gasteiger partial charge >= 0.3 is 0 Å². The maximum Gasteiger partial charge on any atom is 0.257 e. The number of aryl methyl sites for hydroxylation is 1. The SMILES string of the molecule is COc1c(C[C@@H](O)C(C)C)c(=O)n(C)c2c(OC)cccc12. The van der Waals surface area contributed by atoms with Crippen molar-refractivity contribution >= 4 is 10.9 Å². The monoisotopic (exact) mass is 305 g/mol. The van der Waals surface area contributed by atoms with Crippen molar-refractivity contribution in [1.82, 2.24) is 4.57 Å². The van der Waals surface area contributed by atoms with E-state index in [4.69, 9.17) is 9.47 Å². The lowest BCUT2D eigenvalue weighted by Gasteiger charge is -2.19. The van der Waals surface area contributed by atoms with Crippen LogP contribution < -0.4 is 15.0 Å². The van der Waals surface area contributed by atoms with E-state index in [2.05, 4.69) is 0 Å². The van der Waals surface area contributed by atoms with Gasteiger partial charge in [-0.05, 0) is 18.1 Å². The molecule has 0 amide bonds. The van der Waals surface area contributed by atoms with E-state index in [0.717, 1.165) is 5.39 Å². The Morgan fingerprint density at radius 1 is 1.23 bits per heavy atom. The minimum atomic E-state index is -0.593. The number of hydrogen-bond acceptors (Lipinski definition) is 4. The van der Waals surface area contributed by atoms with Crippen LogP contribution in [0.3, 0.4) is 0 Å². The number of aliphatic hydroxyl groups excluding tert-OH is 1. The van der Waals surface area contributed by atoms with E-state index in [0.29, 0.717) is 22.6 Å². The van der Waals surface area contributed by atoms with E-state index in [1.54, 1.807) is 25.8 Å². The number of hydrogen-bond donors (Lipinski definition) is 1. The fourth-order valence-electron chi connectivity index (χ4n) is 2.64. The first-order chi connectivity index (χ1) is 10.4. The predicted molar refractivity (Wildman–Crippen MR) is 86.8 cm³/mol. The Morgan fingerprint density at radius 2 is 1.91 bits per heavy atom. The first-order valence-electron chi connectivity index (χ1n) is 7.33. The Balaban J connectivity index is 2.78. The molecule has 5 heteroatoms. The highest BCUT2D eigenvalue weighted by Gasteiger charge is 2.21. The molecule has 1 atom stereocenters. The van der Waals surface area contributed by atoms with Gasteiger partial charge in [0.15, 0.2) is 0 Å². The van der Waals surface area contributed by atoms with Crippen molar-refractivity contribution < 1.29 is 14.6 Å². The standard InChI is InChI=1S/C17H23NO4/c1-10(2)13(19)9-12-16(22-5)11-7-6-8-14(21-4)15(11)18(3)17(12)20/h6-8,10,13,19H,9H2,1-5H3/t13-/m1/s1. The molecule has 0 unspecified atom stereocenters. The molecule has 2 aromatic rings. The van der Waals surface area contributed by atoms with Gasteiger partial charge in [0.1, 0.15) is 11.5 Å². The molecule has 0 saturated heterocycles. The number of aliphatic hydroxyl groups is 1. The van der Waals surface area contributed by atoms with Gasteiger partial charge in [-0.25, -0.2) is 0 Å². The molecule has 0 radical (unpaired) electrons. The lowest BCUT2D eigenvalue weighted by Crippen LogP contribution is -2.28. The quantitative estimate of drug-likeness (QED) is 0.919. The lowest BCUT2D eigenvalue weighted by molar-refractivity contribution is 0.124. The molecule has 1 heterocycles. The molecule has 0 spiro atoms. The average Bonchev–Trinajstić information content (AvgIpc) is 2.51. The number of methoxy groups -OCH3 is 2. The van der Waals surface area contributed by atoms with Crippen molar-refractivity contribution in [2.24, 2.45) is 13.0 Å². The summed E-state index contributed by atoms with van der Waals surface area (Å²) >= 11 is 0. The van der Waals surface area contributed by atoms with Crippen LogP contribution >= 0.6 is 0 Å². The molecule has 0 bridgehead atoms. The Kier molecular flexibility index (Phi) is 4.76. The Bertz CT molecular complexity index is 733. The number of rotatable bonds is 5. The van der Waals surface area contributed by atoms with Crippen LogP contribution in [0.5, 0.6) is 11.5 Å². The normalized spacial score (nSPS) is 12.7. The molecular formula is C17H23NO4. The molecule has 1 aromatic carbocycles. The Labute approximate surface area is 130 Å². The molecule has 0 saturated carbocycles. The highest BCUT2D eigenvalue weighted by atomic mass is 16.5. The summed E-state index contributed by atoms with van der Waals surface area (Å²) in [5.74, 6) is 1.19. The molecule has 22 heavy (non-hydrogen) atoms. The summed E-state index contributed by atoms with van der Waals surface area (Å²) in [6.45, 7) is 3.84. The zero-order chi connectivity index (χ0) is 16.4. The van der Waals surface area contributed by atoms with E-state index in [9.17, 15) is 9.90 Å². The summed E-state index contributed by atoms with van der Waals surface area (Å²) in [4.78, 5) is 12.7. The molecular weight excluding hydrogens is 282 g/mol. The molecule has 120 valence electrons. The van der Waals surface area contributed by atoms with E-state index in [1.165, 1.54) is 0 Å². The van der Waals surface area contributed by atoms with Crippen LogP contribution in [0, 0.1) is 5.92 Å². The summed E-state index contributed by atoms with van der Waals surface area (Å²) in [7, 11) is 4.82. The van der Waals surface area contributed by atoms with Crippen molar-refractivity contribution in [3.8, 4) is 11.5 Å². The van der Waals surface area contributed by atoms with Gasteiger partial charge in [-0.15, -0.1) is 0 Å². The van der Waals surface area contributed by atoms with Gasteiger partial charge in [-0.2, -0.15) is 0 Å². The number of ether oxygens (including phenoxy) is 2.